The van der Waals surface area contributed by atoms with E-state index in [-0.39, 0.29) is 21.4 Å². The van der Waals surface area contributed by atoms with Gasteiger partial charge in [-0.2, -0.15) is 30.7 Å². The van der Waals surface area contributed by atoms with Crippen LogP contribution in [0.4, 0.5) is 30.7 Å². The molecule has 44 heavy (non-hydrogen) atoms. The third-order valence-corrected chi connectivity index (χ3v) is 6.24. The second kappa shape index (κ2) is 14.6. The van der Waals surface area contributed by atoms with Gasteiger partial charge in [-0.15, -0.1) is 0 Å². The molecular weight excluding hydrogens is 656 g/mol. The van der Waals surface area contributed by atoms with Gasteiger partial charge in [-0.1, -0.05) is 41.4 Å². The number of Topliss-reactive ketones (excluding diaryl/α,β-unsaturated/α-hetero) is 1. The van der Waals surface area contributed by atoms with Gasteiger partial charge < -0.3 is 26.0 Å². The molecule has 0 fully saturated rings. The zero-order chi connectivity index (χ0) is 33.5. The Balaban J connectivity index is 2.13. The first-order chi connectivity index (χ1) is 20.3. The van der Waals surface area contributed by atoms with E-state index < -0.39 is 78.7 Å². The molecule has 0 aromatic heterocycles. The first-order valence-electron chi connectivity index (χ1n) is 11.9. The van der Waals surface area contributed by atoms with Crippen LogP contribution in [0.5, 0.6) is 5.75 Å². The number of benzene rings is 2. The first-order valence-corrected chi connectivity index (χ1v) is 12.6. The molecule has 2 rings (SSSR count). The third kappa shape index (κ3) is 9.70. The van der Waals surface area contributed by atoms with Gasteiger partial charge in [0, 0.05) is 5.56 Å². The number of hydrogen-bond donors (Lipinski definition) is 4. The molecule has 4 amide bonds. The number of amides is 4. The van der Waals surface area contributed by atoms with Crippen LogP contribution in [0.1, 0.15) is 17.2 Å². The van der Waals surface area contributed by atoms with Crippen LogP contribution in [0.15, 0.2) is 42.5 Å². The van der Waals surface area contributed by atoms with Crippen molar-refractivity contribution < 1.29 is 59.4 Å². The highest BCUT2D eigenvalue weighted by Gasteiger charge is 2.48. The quantitative estimate of drug-likeness (QED) is 0.190. The predicted octanol–water partition coefficient (Wildman–Crippen LogP) is 3.07. The zero-order valence-corrected chi connectivity index (χ0v) is 23.6. The SMILES string of the molecule is COc1ccc([C@H](NC(=O)CNC(=O)C(F)(F)c2ccc(Cl)c(Cl)c2)C(=O)NCC(=O)C(F)(F)C(=O)NCC(F)(F)F)cc1. The van der Waals surface area contributed by atoms with Crippen molar-refractivity contribution in [2.24, 2.45) is 0 Å². The molecule has 2 aromatic rings. The second-order valence-corrected chi connectivity index (χ2v) is 9.49. The van der Waals surface area contributed by atoms with Gasteiger partial charge in [-0.05, 0) is 29.8 Å². The van der Waals surface area contributed by atoms with Crippen molar-refractivity contribution in [1.82, 2.24) is 21.3 Å². The largest absolute Gasteiger partial charge is 0.497 e. The highest BCUT2D eigenvalue weighted by Crippen LogP contribution is 2.33. The summed E-state index contributed by atoms with van der Waals surface area (Å²) in [6.07, 6.45) is -5.05. The van der Waals surface area contributed by atoms with Gasteiger partial charge in [0.05, 0.1) is 30.2 Å². The molecule has 2 aromatic carbocycles. The van der Waals surface area contributed by atoms with Crippen LogP contribution in [0, 0.1) is 0 Å². The Morgan fingerprint density at radius 1 is 0.795 bits per heavy atom. The second-order valence-electron chi connectivity index (χ2n) is 8.67. The standard InChI is InChI=1S/C25H21Cl2F7N4O6/c1-44-14-5-2-12(3-6-14)19(20(41)35-9-17(39)25(33,34)22(43)37-11-23(28,29)30)38-18(40)10-36-21(42)24(31,32)13-4-7-15(26)16(27)8-13/h2-8,19H,9-11H2,1H3,(H,35,41)(H,36,42)(H,37,43)(H,38,40)/t19-/m0/s1. The average Bonchev–Trinajstić information content (AvgIpc) is 2.96. The minimum atomic E-state index is -5.05. The van der Waals surface area contributed by atoms with Crippen molar-refractivity contribution in [3.63, 3.8) is 0 Å². The molecule has 4 N–H and O–H groups in total. The average molecular weight is 677 g/mol. The van der Waals surface area contributed by atoms with Gasteiger partial charge >= 0.3 is 18.0 Å². The summed E-state index contributed by atoms with van der Waals surface area (Å²) in [5.74, 6) is -18.2. The van der Waals surface area contributed by atoms with Gasteiger partial charge in [0.1, 0.15) is 18.3 Å². The fourth-order valence-corrected chi connectivity index (χ4v) is 3.50. The minimum absolute atomic E-state index is 0.0498. The normalized spacial score (nSPS) is 12.5. The number of ketones is 1. The predicted molar refractivity (Wildman–Crippen MR) is 139 cm³/mol. The third-order valence-electron chi connectivity index (χ3n) is 5.50. The summed E-state index contributed by atoms with van der Waals surface area (Å²) in [4.78, 5) is 60.8. The summed E-state index contributed by atoms with van der Waals surface area (Å²) in [6, 6.07) is 5.85. The highest BCUT2D eigenvalue weighted by atomic mass is 35.5. The lowest BCUT2D eigenvalue weighted by atomic mass is 10.1. The summed E-state index contributed by atoms with van der Waals surface area (Å²) in [5, 5.41) is 5.96. The molecule has 0 radical (unpaired) electrons. The van der Waals surface area contributed by atoms with Crippen molar-refractivity contribution in [3.8, 4) is 5.75 Å². The van der Waals surface area contributed by atoms with Crippen molar-refractivity contribution >= 4 is 52.6 Å². The van der Waals surface area contributed by atoms with Crippen LogP contribution in [0.25, 0.3) is 0 Å². The van der Waals surface area contributed by atoms with E-state index in [9.17, 15) is 54.7 Å². The van der Waals surface area contributed by atoms with Gasteiger partial charge in [-0.25, -0.2) is 0 Å². The van der Waals surface area contributed by atoms with E-state index in [0.717, 1.165) is 23.5 Å². The van der Waals surface area contributed by atoms with Crippen LogP contribution in [0.3, 0.4) is 0 Å². The topological polar surface area (TPSA) is 143 Å². The Hall–Kier alpha value is -4.12. The molecule has 0 bridgehead atoms. The molecule has 19 heteroatoms. The number of halogens is 9. The Morgan fingerprint density at radius 2 is 1.41 bits per heavy atom. The number of rotatable bonds is 13. The molecular formula is C25H21Cl2F7N4O6. The van der Waals surface area contributed by atoms with E-state index >= 15 is 0 Å². The first kappa shape index (κ1) is 36.1. The van der Waals surface area contributed by atoms with Crippen LogP contribution in [0.2, 0.25) is 10.0 Å². The summed E-state index contributed by atoms with van der Waals surface area (Å²) < 4.78 is 98.8. The monoisotopic (exact) mass is 676 g/mol. The van der Waals surface area contributed by atoms with E-state index in [1.165, 1.54) is 31.4 Å². The van der Waals surface area contributed by atoms with Gasteiger partial charge in [-0.3, -0.25) is 24.0 Å². The summed E-state index contributed by atoms with van der Waals surface area (Å²) >= 11 is 11.4. The van der Waals surface area contributed by atoms with Gasteiger partial charge in [0.2, 0.25) is 17.6 Å². The maximum atomic E-state index is 14.6. The van der Waals surface area contributed by atoms with E-state index in [1.807, 2.05) is 0 Å². The van der Waals surface area contributed by atoms with E-state index in [1.54, 1.807) is 10.6 Å². The van der Waals surface area contributed by atoms with Crippen LogP contribution in [-0.2, 0) is 29.9 Å². The Labute approximate surface area is 253 Å². The van der Waals surface area contributed by atoms with Crippen LogP contribution in [-0.4, -0.2) is 68.3 Å². The maximum Gasteiger partial charge on any atom is 0.405 e. The molecule has 0 saturated heterocycles. The molecule has 240 valence electrons. The Kier molecular flexibility index (Phi) is 11.9. The highest BCUT2D eigenvalue weighted by molar-refractivity contribution is 6.42. The number of hydrogen-bond acceptors (Lipinski definition) is 6. The lowest BCUT2D eigenvalue weighted by molar-refractivity contribution is -0.163. The molecule has 1 atom stereocenters. The van der Waals surface area contributed by atoms with E-state index in [4.69, 9.17) is 27.9 Å². The summed E-state index contributed by atoms with van der Waals surface area (Å²) in [6.45, 7) is -4.84. The fraction of sp³-hybridized carbons (Fsp3) is 0.320. The lowest BCUT2D eigenvalue weighted by Gasteiger charge is -2.21. The molecule has 0 unspecified atom stereocenters. The van der Waals surface area contributed by atoms with Crippen molar-refractivity contribution in [2.45, 2.75) is 24.1 Å². The smallest absolute Gasteiger partial charge is 0.405 e. The van der Waals surface area contributed by atoms with Gasteiger partial charge in [0.25, 0.3) is 11.8 Å². The number of methoxy groups -OCH3 is 1. The van der Waals surface area contributed by atoms with E-state index in [2.05, 4.69) is 5.32 Å². The number of nitrogens with one attached hydrogen (secondary N) is 4. The minimum Gasteiger partial charge on any atom is -0.497 e. The maximum absolute atomic E-state index is 14.6. The summed E-state index contributed by atoms with van der Waals surface area (Å²) in [5.41, 5.74) is -0.903. The molecule has 0 saturated carbocycles. The number of carbonyl (C=O) groups is 5. The zero-order valence-electron chi connectivity index (χ0n) is 22.1. The van der Waals surface area contributed by atoms with Crippen molar-refractivity contribution in [3.05, 3.63) is 63.6 Å². The number of carbonyl (C=O) groups excluding carboxylic acids is 5. The molecule has 0 spiro atoms. The van der Waals surface area contributed by atoms with Crippen LogP contribution >= 0.6 is 23.2 Å². The van der Waals surface area contributed by atoms with E-state index in [0.29, 0.717) is 0 Å². The lowest BCUT2D eigenvalue weighted by Crippen LogP contribution is -2.52. The number of alkyl halides is 7. The van der Waals surface area contributed by atoms with Gasteiger partial charge in [0.15, 0.2) is 0 Å². The van der Waals surface area contributed by atoms with Crippen LogP contribution < -0.4 is 26.0 Å². The molecule has 0 aliphatic carbocycles. The fourth-order valence-electron chi connectivity index (χ4n) is 3.20. The number of ether oxygens (including phenoxy) is 1. The Bertz CT molecular complexity index is 1410. The molecule has 0 heterocycles. The van der Waals surface area contributed by atoms with Crippen molar-refractivity contribution in [1.29, 1.82) is 0 Å². The van der Waals surface area contributed by atoms with Crippen molar-refractivity contribution in [2.75, 3.05) is 26.7 Å². The summed E-state index contributed by atoms with van der Waals surface area (Å²) in [7, 11) is 1.30. The molecule has 10 nitrogen and oxygen atoms in total. The molecule has 0 aliphatic rings. The Morgan fingerprint density at radius 3 is 1.95 bits per heavy atom. The molecule has 0 aliphatic heterocycles.